The maximum Gasteiger partial charge on any atom is 0.135 e. The number of benzene rings is 1. The summed E-state index contributed by atoms with van der Waals surface area (Å²) < 4.78 is 0. The molecule has 0 saturated carbocycles. The van der Waals surface area contributed by atoms with Crippen molar-refractivity contribution in [3.8, 4) is 0 Å². The Labute approximate surface area is 120 Å². The molecular formula is C16H22N4. The van der Waals surface area contributed by atoms with Gasteiger partial charge in [0.2, 0.25) is 0 Å². The third-order valence-electron chi connectivity index (χ3n) is 3.33. The van der Waals surface area contributed by atoms with E-state index in [4.69, 9.17) is 0 Å². The van der Waals surface area contributed by atoms with Gasteiger partial charge in [-0.25, -0.2) is 9.97 Å². The van der Waals surface area contributed by atoms with Gasteiger partial charge in [-0.05, 0) is 18.9 Å². The van der Waals surface area contributed by atoms with Crippen molar-refractivity contribution < 1.29 is 0 Å². The molecule has 0 saturated heterocycles. The Morgan fingerprint density at radius 3 is 2.45 bits per heavy atom. The molecule has 2 aromatic rings. The summed E-state index contributed by atoms with van der Waals surface area (Å²) in [6.07, 6.45) is 3.63. The Morgan fingerprint density at radius 2 is 1.80 bits per heavy atom. The van der Waals surface area contributed by atoms with Crippen LogP contribution in [0.25, 0.3) is 0 Å². The molecule has 1 unspecified atom stereocenters. The zero-order valence-corrected chi connectivity index (χ0v) is 12.4. The number of rotatable bonds is 6. The fourth-order valence-electron chi connectivity index (χ4n) is 2.27. The fourth-order valence-corrected chi connectivity index (χ4v) is 2.27. The average Bonchev–Trinajstić information content (AvgIpc) is 2.50. The molecule has 20 heavy (non-hydrogen) atoms. The molecule has 0 fully saturated rings. The zero-order chi connectivity index (χ0) is 14.4. The first-order valence-corrected chi connectivity index (χ1v) is 7.09. The lowest BCUT2D eigenvalue weighted by Crippen LogP contribution is -2.12. The number of nitrogens with zero attached hydrogens (tertiary/aromatic N) is 2. The van der Waals surface area contributed by atoms with Gasteiger partial charge in [0.05, 0.1) is 0 Å². The van der Waals surface area contributed by atoms with Crippen molar-refractivity contribution in [1.82, 2.24) is 9.97 Å². The molecule has 106 valence electrons. The van der Waals surface area contributed by atoms with Crippen molar-refractivity contribution in [3.63, 3.8) is 0 Å². The van der Waals surface area contributed by atoms with Crippen molar-refractivity contribution in [2.24, 2.45) is 0 Å². The van der Waals surface area contributed by atoms with Gasteiger partial charge in [-0.2, -0.15) is 0 Å². The molecule has 4 heteroatoms. The smallest absolute Gasteiger partial charge is 0.135 e. The van der Waals surface area contributed by atoms with Gasteiger partial charge in [0.15, 0.2) is 0 Å². The van der Waals surface area contributed by atoms with E-state index in [-0.39, 0.29) is 6.04 Å². The zero-order valence-electron chi connectivity index (χ0n) is 12.4. The summed E-state index contributed by atoms with van der Waals surface area (Å²) in [5.74, 6) is 1.83. The molecule has 0 aliphatic rings. The predicted molar refractivity (Wildman–Crippen MR) is 84.1 cm³/mol. The van der Waals surface area contributed by atoms with Gasteiger partial charge >= 0.3 is 0 Å². The quantitative estimate of drug-likeness (QED) is 0.841. The first-order valence-electron chi connectivity index (χ1n) is 7.09. The van der Waals surface area contributed by atoms with Crippen LogP contribution in [0.1, 0.15) is 37.4 Å². The Balaban J connectivity index is 2.24. The van der Waals surface area contributed by atoms with E-state index < -0.39 is 0 Å². The second-order valence-electron chi connectivity index (χ2n) is 4.83. The van der Waals surface area contributed by atoms with Gasteiger partial charge in [-0.15, -0.1) is 0 Å². The van der Waals surface area contributed by atoms with Crippen LogP contribution in [-0.2, 0) is 6.42 Å². The van der Waals surface area contributed by atoms with Gasteiger partial charge in [-0.3, -0.25) is 0 Å². The molecule has 0 spiro atoms. The van der Waals surface area contributed by atoms with E-state index in [1.807, 2.05) is 13.1 Å². The molecule has 0 aliphatic heterocycles. The minimum atomic E-state index is 0.214. The highest BCUT2D eigenvalue weighted by Gasteiger charge is 2.12. The normalized spacial score (nSPS) is 11.9. The topological polar surface area (TPSA) is 49.8 Å². The van der Waals surface area contributed by atoms with Crippen LogP contribution in [0.3, 0.4) is 0 Å². The van der Waals surface area contributed by atoms with Crippen molar-refractivity contribution in [2.45, 2.75) is 32.7 Å². The monoisotopic (exact) mass is 270 g/mol. The van der Waals surface area contributed by atoms with Crippen molar-refractivity contribution in [2.75, 3.05) is 17.7 Å². The standard InChI is InChI=1S/C16H22N4/c1-4-8-14-15(17-3)18-11-19-16(14)20-12(2)13-9-6-5-7-10-13/h5-7,9-12H,4,8H2,1-3H3,(H2,17,18,19,20). The molecule has 0 aliphatic carbocycles. The molecule has 1 aromatic heterocycles. The van der Waals surface area contributed by atoms with Crippen LogP contribution in [0.4, 0.5) is 11.6 Å². The first-order chi connectivity index (χ1) is 9.76. The first kappa shape index (κ1) is 14.3. The molecule has 0 bridgehead atoms. The summed E-state index contributed by atoms with van der Waals surface area (Å²) >= 11 is 0. The molecule has 0 amide bonds. The number of hydrogen-bond donors (Lipinski definition) is 2. The number of hydrogen-bond acceptors (Lipinski definition) is 4. The Kier molecular flexibility index (Phi) is 4.93. The summed E-state index contributed by atoms with van der Waals surface area (Å²) in [6, 6.07) is 10.6. The summed E-state index contributed by atoms with van der Waals surface area (Å²) in [5, 5.41) is 6.64. The van der Waals surface area contributed by atoms with Gasteiger partial charge in [0.25, 0.3) is 0 Å². The van der Waals surface area contributed by atoms with Gasteiger partial charge in [0.1, 0.15) is 18.0 Å². The van der Waals surface area contributed by atoms with E-state index in [2.05, 4.69) is 58.7 Å². The SMILES string of the molecule is CCCc1c(NC)ncnc1NC(C)c1ccccc1. The molecule has 4 nitrogen and oxygen atoms in total. The highest BCUT2D eigenvalue weighted by atomic mass is 15.1. The van der Waals surface area contributed by atoms with E-state index in [9.17, 15) is 0 Å². The van der Waals surface area contributed by atoms with Crippen molar-refractivity contribution in [1.29, 1.82) is 0 Å². The Morgan fingerprint density at radius 1 is 1.10 bits per heavy atom. The maximum atomic E-state index is 4.41. The fraction of sp³-hybridized carbons (Fsp3) is 0.375. The molecular weight excluding hydrogens is 248 g/mol. The van der Waals surface area contributed by atoms with Crippen LogP contribution in [-0.4, -0.2) is 17.0 Å². The van der Waals surface area contributed by atoms with Crippen LogP contribution in [0.2, 0.25) is 0 Å². The van der Waals surface area contributed by atoms with Crippen LogP contribution in [0.5, 0.6) is 0 Å². The Bertz CT molecular complexity index is 539. The third-order valence-corrected chi connectivity index (χ3v) is 3.33. The Hall–Kier alpha value is -2.10. The van der Waals surface area contributed by atoms with E-state index >= 15 is 0 Å². The van der Waals surface area contributed by atoms with E-state index in [1.54, 1.807) is 6.33 Å². The summed E-state index contributed by atoms with van der Waals surface area (Å²) in [7, 11) is 1.89. The molecule has 2 rings (SSSR count). The maximum absolute atomic E-state index is 4.41. The molecule has 2 N–H and O–H groups in total. The number of anilines is 2. The third kappa shape index (κ3) is 3.26. The molecule has 1 atom stereocenters. The highest BCUT2D eigenvalue weighted by Crippen LogP contribution is 2.25. The van der Waals surface area contributed by atoms with E-state index in [0.29, 0.717) is 0 Å². The molecule has 0 radical (unpaired) electrons. The summed E-state index contributed by atoms with van der Waals surface area (Å²) in [5.41, 5.74) is 2.40. The lowest BCUT2D eigenvalue weighted by atomic mass is 10.1. The lowest BCUT2D eigenvalue weighted by Gasteiger charge is -2.18. The largest absolute Gasteiger partial charge is 0.373 e. The van der Waals surface area contributed by atoms with Gasteiger partial charge < -0.3 is 10.6 Å². The van der Waals surface area contributed by atoms with Crippen LogP contribution in [0.15, 0.2) is 36.7 Å². The highest BCUT2D eigenvalue weighted by molar-refractivity contribution is 5.57. The lowest BCUT2D eigenvalue weighted by molar-refractivity contribution is 0.847. The van der Waals surface area contributed by atoms with E-state index in [0.717, 1.165) is 30.0 Å². The number of nitrogens with one attached hydrogen (secondary N) is 2. The van der Waals surface area contributed by atoms with Crippen LogP contribution < -0.4 is 10.6 Å². The van der Waals surface area contributed by atoms with Crippen molar-refractivity contribution >= 4 is 11.6 Å². The number of aromatic nitrogens is 2. The summed E-state index contributed by atoms with van der Waals surface area (Å²) in [4.78, 5) is 8.70. The molecule has 1 heterocycles. The minimum Gasteiger partial charge on any atom is -0.373 e. The average molecular weight is 270 g/mol. The summed E-state index contributed by atoms with van der Waals surface area (Å²) in [6.45, 7) is 4.31. The van der Waals surface area contributed by atoms with Crippen molar-refractivity contribution in [3.05, 3.63) is 47.8 Å². The van der Waals surface area contributed by atoms with Gasteiger partial charge in [-0.1, -0.05) is 43.7 Å². The minimum absolute atomic E-state index is 0.214. The van der Waals surface area contributed by atoms with Crippen LogP contribution in [0, 0.1) is 0 Å². The second kappa shape index (κ2) is 6.89. The van der Waals surface area contributed by atoms with Gasteiger partial charge in [0, 0.05) is 18.7 Å². The van der Waals surface area contributed by atoms with E-state index in [1.165, 1.54) is 5.56 Å². The predicted octanol–water partition coefficient (Wildman–Crippen LogP) is 3.64. The second-order valence-corrected chi connectivity index (χ2v) is 4.83. The van der Waals surface area contributed by atoms with Crippen LogP contribution >= 0.6 is 0 Å². The molecule has 1 aromatic carbocycles.